The lowest BCUT2D eigenvalue weighted by Crippen LogP contribution is -2.32. The Balaban J connectivity index is 1.84. The molecule has 0 unspecified atom stereocenters. The molecule has 0 aliphatic carbocycles. The molecule has 2 rings (SSSR count). The molecule has 0 atom stereocenters. The van der Waals surface area contributed by atoms with Gasteiger partial charge in [0.25, 0.3) is 0 Å². The molecule has 0 bridgehead atoms. The van der Waals surface area contributed by atoms with Crippen LogP contribution in [0, 0.1) is 5.92 Å². The summed E-state index contributed by atoms with van der Waals surface area (Å²) in [5, 5.41) is 0. The predicted molar refractivity (Wildman–Crippen MR) is 76.2 cm³/mol. The Hall–Kier alpha value is -1.02. The second-order valence-electron chi connectivity index (χ2n) is 5.78. The molecule has 2 nitrogen and oxygen atoms in total. The normalized spacial score (nSPS) is 18.2. The van der Waals surface area contributed by atoms with Crippen molar-refractivity contribution in [3.8, 4) is 5.75 Å². The number of piperidine rings is 1. The summed E-state index contributed by atoms with van der Waals surface area (Å²) in [7, 11) is 2.20. The van der Waals surface area contributed by atoms with Gasteiger partial charge in [0.1, 0.15) is 5.75 Å². The maximum atomic E-state index is 5.95. The Labute approximate surface area is 111 Å². The first-order valence-electron chi connectivity index (χ1n) is 7.06. The third kappa shape index (κ3) is 3.74. The van der Waals surface area contributed by atoms with Crippen molar-refractivity contribution in [3.63, 3.8) is 0 Å². The van der Waals surface area contributed by atoms with Crippen LogP contribution in [0.4, 0.5) is 0 Å². The van der Waals surface area contributed by atoms with E-state index in [1.165, 1.54) is 31.5 Å². The van der Waals surface area contributed by atoms with E-state index in [0.717, 1.165) is 18.3 Å². The van der Waals surface area contributed by atoms with E-state index in [2.05, 4.69) is 50.1 Å². The molecular weight excluding hydrogens is 222 g/mol. The van der Waals surface area contributed by atoms with E-state index in [1.54, 1.807) is 0 Å². The monoisotopic (exact) mass is 247 g/mol. The summed E-state index contributed by atoms with van der Waals surface area (Å²) in [6, 6.07) is 8.52. The molecule has 1 aromatic rings. The summed E-state index contributed by atoms with van der Waals surface area (Å²) in [6.45, 7) is 7.72. The minimum atomic E-state index is 0.567. The Kier molecular flexibility index (Phi) is 4.65. The van der Waals surface area contributed by atoms with E-state index in [4.69, 9.17) is 4.74 Å². The van der Waals surface area contributed by atoms with Gasteiger partial charge in [0.05, 0.1) is 6.61 Å². The van der Waals surface area contributed by atoms with Crippen molar-refractivity contribution >= 4 is 0 Å². The molecule has 1 heterocycles. The standard InChI is InChI=1S/C16H25NO/c1-13(2)15-5-4-6-16(11-15)18-12-14-7-9-17(3)10-8-14/h4-6,11,13-14H,7-10,12H2,1-3H3. The van der Waals surface area contributed by atoms with Gasteiger partial charge in [-0.15, -0.1) is 0 Å². The number of benzene rings is 1. The SMILES string of the molecule is CC(C)c1cccc(OCC2CCN(C)CC2)c1. The molecule has 0 aromatic heterocycles. The minimum absolute atomic E-state index is 0.567. The largest absolute Gasteiger partial charge is 0.493 e. The Morgan fingerprint density at radius 1 is 1.28 bits per heavy atom. The van der Waals surface area contributed by atoms with E-state index >= 15 is 0 Å². The summed E-state index contributed by atoms with van der Waals surface area (Å²) >= 11 is 0. The fraction of sp³-hybridized carbons (Fsp3) is 0.625. The molecular formula is C16H25NO. The van der Waals surface area contributed by atoms with Gasteiger partial charge in [-0.05, 0) is 62.5 Å². The molecule has 100 valence electrons. The van der Waals surface area contributed by atoms with Crippen molar-refractivity contribution in [2.75, 3.05) is 26.7 Å². The molecule has 0 N–H and O–H groups in total. The lowest BCUT2D eigenvalue weighted by molar-refractivity contribution is 0.160. The highest BCUT2D eigenvalue weighted by molar-refractivity contribution is 5.30. The van der Waals surface area contributed by atoms with Gasteiger partial charge >= 0.3 is 0 Å². The number of hydrogen-bond donors (Lipinski definition) is 0. The zero-order chi connectivity index (χ0) is 13.0. The van der Waals surface area contributed by atoms with Gasteiger partial charge in [0.2, 0.25) is 0 Å². The van der Waals surface area contributed by atoms with Crippen molar-refractivity contribution in [1.82, 2.24) is 4.90 Å². The average molecular weight is 247 g/mol. The summed E-state index contributed by atoms with van der Waals surface area (Å²) in [5.74, 6) is 2.32. The first-order valence-corrected chi connectivity index (χ1v) is 7.06. The Morgan fingerprint density at radius 2 is 2.00 bits per heavy atom. The third-order valence-corrected chi connectivity index (χ3v) is 3.85. The molecule has 1 aliphatic rings. The number of likely N-dealkylation sites (tertiary alicyclic amines) is 1. The van der Waals surface area contributed by atoms with Gasteiger partial charge in [-0.25, -0.2) is 0 Å². The van der Waals surface area contributed by atoms with Crippen LogP contribution in [0.15, 0.2) is 24.3 Å². The van der Waals surface area contributed by atoms with Crippen molar-refractivity contribution < 1.29 is 4.74 Å². The lowest BCUT2D eigenvalue weighted by atomic mass is 9.98. The van der Waals surface area contributed by atoms with Crippen molar-refractivity contribution in [2.45, 2.75) is 32.6 Å². The zero-order valence-electron chi connectivity index (χ0n) is 11.9. The maximum absolute atomic E-state index is 5.95. The molecule has 0 amide bonds. The second-order valence-corrected chi connectivity index (χ2v) is 5.78. The molecule has 0 radical (unpaired) electrons. The number of hydrogen-bond acceptors (Lipinski definition) is 2. The predicted octanol–water partition coefficient (Wildman–Crippen LogP) is 3.53. The van der Waals surface area contributed by atoms with Crippen LogP contribution < -0.4 is 4.74 Å². The molecule has 0 spiro atoms. The maximum Gasteiger partial charge on any atom is 0.119 e. The van der Waals surface area contributed by atoms with Crippen LogP contribution in [0.5, 0.6) is 5.75 Å². The quantitative estimate of drug-likeness (QED) is 0.807. The van der Waals surface area contributed by atoms with E-state index in [1.807, 2.05) is 0 Å². The highest BCUT2D eigenvalue weighted by Gasteiger charge is 2.17. The minimum Gasteiger partial charge on any atom is -0.493 e. The highest BCUT2D eigenvalue weighted by atomic mass is 16.5. The second kappa shape index (κ2) is 6.24. The summed E-state index contributed by atoms with van der Waals surface area (Å²) in [5.41, 5.74) is 1.36. The molecule has 2 heteroatoms. The van der Waals surface area contributed by atoms with E-state index in [-0.39, 0.29) is 0 Å². The molecule has 0 saturated carbocycles. The first kappa shape index (κ1) is 13.4. The van der Waals surface area contributed by atoms with Crippen LogP contribution in [-0.4, -0.2) is 31.6 Å². The highest BCUT2D eigenvalue weighted by Crippen LogP contribution is 2.22. The van der Waals surface area contributed by atoms with Crippen molar-refractivity contribution in [2.24, 2.45) is 5.92 Å². The van der Waals surface area contributed by atoms with Gasteiger partial charge in [0.15, 0.2) is 0 Å². The van der Waals surface area contributed by atoms with Crippen LogP contribution in [-0.2, 0) is 0 Å². The fourth-order valence-electron chi connectivity index (χ4n) is 2.41. The van der Waals surface area contributed by atoms with E-state index in [0.29, 0.717) is 5.92 Å². The smallest absolute Gasteiger partial charge is 0.119 e. The topological polar surface area (TPSA) is 12.5 Å². The van der Waals surface area contributed by atoms with Gasteiger partial charge in [-0.2, -0.15) is 0 Å². The molecule has 1 aromatic carbocycles. The average Bonchev–Trinajstić information content (AvgIpc) is 2.38. The van der Waals surface area contributed by atoms with Crippen LogP contribution >= 0.6 is 0 Å². The number of ether oxygens (including phenoxy) is 1. The molecule has 1 aliphatic heterocycles. The zero-order valence-corrected chi connectivity index (χ0v) is 11.9. The van der Waals surface area contributed by atoms with Gasteiger partial charge in [-0.3, -0.25) is 0 Å². The summed E-state index contributed by atoms with van der Waals surface area (Å²) in [6.07, 6.45) is 2.53. The number of nitrogens with zero attached hydrogens (tertiary/aromatic N) is 1. The lowest BCUT2D eigenvalue weighted by Gasteiger charge is -2.28. The van der Waals surface area contributed by atoms with Crippen molar-refractivity contribution in [3.05, 3.63) is 29.8 Å². The molecule has 1 fully saturated rings. The Bertz CT molecular complexity index is 367. The van der Waals surface area contributed by atoms with Crippen LogP contribution in [0.1, 0.15) is 38.2 Å². The number of rotatable bonds is 4. The van der Waals surface area contributed by atoms with E-state index in [9.17, 15) is 0 Å². The van der Waals surface area contributed by atoms with Crippen molar-refractivity contribution in [1.29, 1.82) is 0 Å². The van der Waals surface area contributed by atoms with Crippen LogP contribution in [0.3, 0.4) is 0 Å². The van der Waals surface area contributed by atoms with Crippen LogP contribution in [0.2, 0.25) is 0 Å². The van der Waals surface area contributed by atoms with Gasteiger partial charge < -0.3 is 9.64 Å². The molecule has 18 heavy (non-hydrogen) atoms. The first-order chi connectivity index (χ1) is 8.65. The van der Waals surface area contributed by atoms with Gasteiger partial charge in [0, 0.05) is 0 Å². The third-order valence-electron chi connectivity index (χ3n) is 3.85. The fourth-order valence-corrected chi connectivity index (χ4v) is 2.41. The van der Waals surface area contributed by atoms with Crippen LogP contribution in [0.25, 0.3) is 0 Å². The summed E-state index contributed by atoms with van der Waals surface area (Å²) in [4.78, 5) is 2.40. The Morgan fingerprint density at radius 3 is 2.67 bits per heavy atom. The summed E-state index contributed by atoms with van der Waals surface area (Å²) < 4.78 is 5.95. The van der Waals surface area contributed by atoms with Gasteiger partial charge in [-0.1, -0.05) is 26.0 Å². The molecule has 1 saturated heterocycles. The van der Waals surface area contributed by atoms with E-state index < -0.39 is 0 Å².